The Morgan fingerprint density at radius 3 is 1.09 bits per heavy atom. The lowest BCUT2D eigenvalue weighted by molar-refractivity contribution is -0.167. The van der Waals surface area contributed by atoms with Crippen molar-refractivity contribution < 1.29 is 28.6 Å². The third-order valence-electron chi connectivity index (χ3n) is 11.4. The highest BCUT2D eigenvalue weighted by Gasteiger charge is 2.19. The number of esters is 3. The summed E-state index contributed by atoms with van der Waals surface area (Å²) in [5.41, 5.74) is 0. The second-order valence-electron chi connectivity index (χ2n) is 17.9. The molecule has 66 heavy (non-hydrogen) atoms. The Bertz CT molecular complexity index is 1330. The van der Waals surface area contributed by atoms with Crippen LogP contribution in [-0.2, 0) is 28.6 Å². The minimum absolute atomic E-state index is 0.0980. The van der Waals surface area contributed by atoms with Crippen molar-refractivity contribution in [2.45, 2.75) is 252 Å². The lowest BCUT2D eigenvalue weighted by atomic mass is 10.1. The predicted octanol–water partition coefficient (Wildman–Crippen LogP) is 18.1. The van der Waals surface area contributed by atoms with Crippen LogP contribution in [0.25, 0.3) is 0 Å². The van der Waals surface area contributed by atoms with Crippen molar-refractivity contribution >= 4 is 17.9 Å². The normalized spacial score (nSPS) is 12.8. The van der Waals surface area contributed by atoms with Crippen LogP contribution in [0.3, 0.4) is 0 Å². The average molecular weight is 917 g/mol. The molecule has 1 atom stereocenters. The molecule has 0 heterocycles. The Kier molecular flexibility index (Phi) is 50.9. The zero-order valence-electron chi connectivity index (χ0n) is 42.9. The number of unbranched alkanes of at least 4 members (excludes halogenated alkanes) is 25. The Morgan fingerprint density at radius 1 is 0.318 bits per heavy atom. The van der Waals surface area contributed by atoms with Crippen LogP contribution in [0.1, 0.15) is 245 Å². The first-order valence-electron chi connectivity index (χ1n) is 27.3. The lowest BCUT2D eigenvalue weighted by Crippen LogP contribution is -2.30. The van der Waals surface area contributed by atoms with Gasteiger partial charge in [-0.25, -0.2) is 0 Å². The molecule has 0 saturated carbocycles. The molecule has 0 aromatic carbocycles. The van der Waals surface area contributed by atoms with Crippen LogP contribution in [-0.4, -0.2) is 37.2 Å². The smallest absolute Gasteiger partial charge is 0.306 e. The molecule has 0 rings (SSSR count). The second kappa shape index (κ2) is 53.9. The van der Waals surface area contributed by atoms with Gasteiger partial charge in [0.1, 0.15) is 13.2 Å². The summed E-state index contributed by atoms with van der Waals surface area (Å²) in [4.78, 5) is 38.1. The molecule has 0 fully saturated rings. The van der Waals surface area contributed by atoms with Crippen LogP contribution < -0.4 is 0 Å². The third kappa shape index (κ3) is 51.3. The number of ether oxygens (including phenoxy) is 3. The van der Waals surface area contributed by atoms with Gasteiger partial charge in [0, 0.05) is 19.3 Å². The van der Waals surface area contributed by atoms with Gasteiger partial charge in [0.25, 0.3) is 0 Å². The lowest BCUT2D eigenvalue weighted by Gasteiger charge is -2.18. The van der Waals surface area contributed by atoms with Crippen LogP contribution in [0.4, 0.5) is 0 Å². The molecule has 0 aliphatic heterocycles. The maximum Gasteiger partial charge on any atom is 0.306 e. The van der Waals surface area contributed by atoms with Gasteiger partial charge < -0.3 is 14.2 Å². The summed E-state index contributed by atoms with van der Waals surface area (Å²) in [6.45, 7) is 6.47. The van der Waals surface area contributed by atoms with E-state index in [1.807, 2.05) is 24.3 Å². The van der Waals surface area contributed by atoms with E-state index in [2.05, 4.69) is 93.7 Å². The van der Waals surface area contributed by atoms with E-state index in [-0.39, 0.29) is 31.1 Å². The van der Waals surface area contributed by atoms with E-state index in [0.717, 1.165) is 109 Å². The number of rotatable bonds is 48. The fraction of sp³-hybridized carbons (Fsp3) is 0.683. The van der Waals surface area contributed by atoms with E-state index in [9.17, 15) is 14.4 Å². The van der Waals surface area contributed by atoms with Crippen molar-refractivity contribution in [3.8, 4) is 0 Å². The van der Waals surface area contributed by atoms with E-state index >= 15 is 0 Å². The van der Waals surface area contributed by atoms with Crippen LogP contribution in [0.5, 0.6) is 0 Å². The molecule has 0 amide bonds. The summed E-state index contributed by atoms with van der Waals surface area (Å²) in [7, 11) is 0. The summed E-state index contributed by atoms with van der Waals surface area (Å²) >= 11 is 0. The van der Waals surface area contributed by atoms with Gasteiger partial charge >= 0.3 is 17.9 Å². The van der Waals surface area contributed by atoms with Gasteiger partial charge in [-0.15, -0.1) is 0 Å². The molecule has 0 aliphatic carbocycles. The first-order chi connectivity index (χ1) is 32.5. The Balaban J connectivity index is 4.48. The molecule has 0 radical (unpaired) electrons. The topological polar surface area (TPSA) is 78.9 Å². The van der Waals surface area contributed by atoms with Crippen molar-refractivity contribution in [2.24, 2.45) is 0 Å². The monoisotopic (exact) mass is 917 g/mol. The number of carbonyl (C=O) groups excluding carboxylic acids is 3. The highest BCUT2D eigenvalue weighted by Crippen LogP contribution is 2.14. The molecule has 0 aromatic rings. The van der Waals surface area contributed by atoms with Gasteiger partial charge in [-0.3, -0.25) is 14.4 Å². The molecular weight excluding hydrogens is 817 g/mol. The third-order valence-corrected chi connectivity index (χ3v) is 11.4. The Hall–Kier alpha value is -3.67. The van der Waals surface area contributed by atoms with Gasteiger partial charge in [-0.1, -0.05) is 227 Å². The Morgan fingerprint density at radius 2 is 0.636 bits per heavy atom. The molecule has 0 N–H and O–H groups in total. The van der Waals surface area contributed by atoms with E-state index in [1.54, 1.807) is 0 Å². The van der Waals surface area contributed by atoms with E-state index in [1.165, 1.54) is 96.3 Å². The van der Waals surface area contributed by atoms with Crippen molar-refractivity contribution in [3.63, 3.8) is 0 Å². The zero-order chi connectivity index (χ0) is 47.9. The van der Waals surface area contributed by atoms with E-state index in [0.29, 0.717) is 19.3 Å². The molecule has 0 saturated heterocycles. The van der Waals surface area contributed by atoms with Gasteiger partial charge in [0.2, 0.25) is 0 Å². The summed E-state index contributed by atoms with van der Waals surface area (Å²) in [6, 6.07) is 0. The fourth-order valence-corrected chi connectivity index (χ4v) is 7.26. The minimum atomic E-state index is -0.799. The first-order valence-corrected chi connectivity index (χ1v) is 27.3. The summed E-state index contributed by atoms with van der Waals surface area (Å²) in [6.07, 6.45) is 70.9. The van der Waals surface area contributed by atoms with Crippen LogP contribution in [0.2, 0.25) is 0 Å². The minimum Gasteiger partial charge on any atom is -0.462 e. The number of allylic oxidation sites excluding steroid dienone is 16. The van der Waals surface area contributed by atoms with E-state index in [4.69, 9.17) is 14.2 Å². The molecule has 0 aliphatic rings. The maximum absolute atomic E-state index is 12.8. The van der Waals surface area contributed by atoms with Gasteiger partial charge in [-0.2, -0.15) is 0 Å². The number of hydrogen-bond donors (Lipinski definition) is 0. The molecule has 6 heteroatoms. The molecule has 0 aromatic heterocycles. The quantitative estimate of drug-likeness (QED) is 0.0199. The van der Waals surface area contributed by atoms with Crippen molar-refractivity contribution in [1.29, 1.82) is 0 Å². The molecule has 0 bridgehead atoms. The molecule has 1 unspecified atom stereocenters. The molecular formula is C60H100O6. The van der Waals surface area contributed by atoms with Gasteiger partial charge in [0.05, 0.1) is 0 Å². The summed E-state index contributed by atoms with van der Waals surface area (Å²) in [5, 5.41) is 0. The van der Waals surface area contributed by atoms with Crippen molar-refractivity contribution in [1.82, 2.24) is 0 Å². The Labute approximate surface area is 407 Å². The number of carbonyl (C=O) groups is 3. The van der Waals surface area contributed by atoms with E-state index < -0.39 is 6.10 Å². The maximum atomic E-state index is 12.8. The van der Waals surface area contributed by atoms with Crippen LogP contribution in [0.15, 0.2) is 97.2 Å². The predicted molar refractivity (Wildman–Crippen MR) is 284 cm³/mol. The molecule has 6 nitrogen and oxygen atoms in total. The fourth-order valence-electron chi connectivity index (χ4n) is 7.26. The second-order valence-corrected chi connectivity index (χ2v) is 17.9. The standard InChI is InChI=1S/C60H100O6/c1-4-7-10-13-16-19-22-25-27-29-31-32-35-38-41-44-47-50-53-59(62)65-56-57(55-64-58(61)52-49-46-43-40-37-34-24-21-18-15-12-9-6-3)66-60(63)54-51-48-45-42-39-36-33-30-28-26-23-20-17-14-11-8-5-2/h10,13,16-17,19-20,22,25-29,31-32,34,37,57H,4-9,11-12,14-15,18,21,23-24,30,33,35-36,38-56H2,1-3H3/b13-10-,19-16-,20-17-,25-22-,28-26-,29-27-,32-31-,37-34-. The molecule has 376 valence electrons. The van der Waals surface area contributed by atoms with Crippen molar-refractivity contribution in [3.05, 3.63) is 97.2 Å². The number of hydrogen-bond acceptors (Lipinski definition) is 6. The molecule has 0 spiro atoms. The SMILES string of the molecule is CCC\C=C/C=C\C=C/C=C\C=C/CCCCCCCC(=O)OCC(COC(=O)CCCCC/C=C\CCCCCCCC)OC(=O)CCCCCCCCC/C=C\C/C=C\CCCCC. The summed E-state index contributed by atoms with van der Waals surface area (Å²) < 4.78 is 16.8. The summed E-state index contributed by atoms with van der Waals surface area (Å²) in [5.74, 6) is -0.946. The van der Waals surface area contributed by atoms with Gasteiger partial charge in [0.15, 0.2) is 6.10 Å². The highest BCUT2D eigenvalue weighted by molar-refractivity contribution is 5.71. The largest absolute Gasteiger partial charge is 0.462 e. The van der Waals surface area contributed by atoms with Crippen molar-refractivity contribution in [2.75, 3.05) is 13.2 Å². The zero-order valence-corrected chi connectivity index (χ0v) is 42.9. The van der Waals surface area contributed by atoms with Crippen LogP contribution in [0, 0.1) is 0 Å². The first kappa shape index (κ1) is 62.3. The highest BCUT2D eigenvalue weighted by atomic mass is 16.6. The average Bonchev–Trinajstić information content (AvgIpc) is 3.31. The van der Waals surface area contributed by atoms with Crippen LogP contribution >= 0.6 is 0 Å². The van der Waals surface area contributed by atoms with Gasteiger partial charge in [-0.05, 0) is 96.3 Å².